The van der Waals surface area contributed by atoms with Crippen LogP contribution in [0.15, 0.2) is 114 Å². The summed E-state index contributed by atoms with van der Waals surface area (Å²) >= 11 is 0. The minimum Gasteiger partial charge on any atom is -0.501 e. The van der Waals surface area contributed by atoms with Gasteiger partial charge in [0.25, 0.3) is 0 Å². The first-order valence-corrected chi connectivity index (χ1v) is 14.4. The van der Waals surface area contributed by atoms with Gasteiger partial charge in [0.05, 0.1) is 5.58 Å². The molecule has 1 aliphatic rings. The molecule has 5 heteroatoms. The number of rotatable bonds is 3. The molecule has 43 heavy (non-hydrogen) atoms. The minimum absolute atomic E-state index is 0. The van der Waals surface area contributed by atoms with Crippen LogP contribution in [0.3, 0.4) is 0 Å². The Morgan fingerprint density at radius 3 is 2.47 bits per heavy atom. The van der Waals surface area contributed by atoms with Crippen molar-refractivity contribution in [3.8, 4) is 22.5 Å². The van der Waals surface area contributed by atoms with Crippen LogP contribution in [0.2, 0.25) is 0 Å². The van der Waals surface area contributed by atoms with Gasteiger partial charge in [-0.1, -0.05) is 66.4 Å². The zero-order valence-corrected chi connectivity index (χ0v) is 26.1. The van der Waals surface area contributed by atoms with E-state index in [9.17, 15) is 4.39 Å². The van der Waals surface area contributed by atoms with Crippen molar-refractivity contribution in [3.63, 3.8) is 0 Å². The maximum absolute atomic E-state index is 13.7. The Morgan fingerprint density at radius 1 is 0.814 bits per heavy atom. The van der Waals surface area contributed by atoms with Crippen molar-refractivity contribution in [3.05, 3.63) is 133 Å². The van der Waals surface area contributed by atoms with Crippen molar-refractivity contribution in [2.45, 2.75) is 38.3 Å². The number of halogens is 1. The van der Waals surface area contributed by atoms with Gasteiger partial charge in [-0.15, -0.1) is 53.6 Å². The van der Waals surface area contributed by atoms with Crippen LogP contribution >= 0.6 is 0 Å². The van der Waals surface area contributed by atoms with Gasteiger partial charge in [0.2, 0.25) is 0 Å². The van der Waals surface area contributed by atoms with E-state index >= 15 is 0 Å². The molecule has 7 aromatic rings. The van der Waals surface area contributed by atoms with Gasteiger partial charge in [-0.25, -0.2) is 4.39 Å². The number of benzene rings is 4. The van der Waals surface area contributed by atoms with Crippen LogP contribution in [-0.2, 0) is 20.1 Å². The average Bonchev–Trinajstić information content (AvgIpc) is 3.65. The van der Waals surface area contributed by atoms with Crippen LogP contribution in [0.4, 0.5) is 4.39 Å². The molecule has 4 aromatic carbocycles. The van der Waals surface area contributed by atoms with Gasteiger partial charge in [-0.2, -0.15) is 0 Å². The molecule has 1 fully saturated rings. The molecule has 1 aliphatic carbocycles. The summed E-state index contributed by atoms with van der Waals surface area (Å²) in [6.07, 6.45) is 5.20. The largest absolute Gasteiger partial charge is 0.501 e. The molecule has 0 bridgehead atoms. The van der Waals surface area contributed by atoms with E-state index in [4.69, 9.17) is 9.40 Å². The third kappa shape index (κ3) is 5.88. The fourth-order valence-electron chi connectivity index (χ4n) is 6.02. The third-order valence-corrected chi connectivity index (χ3v) is 8.06. The number of para-hydroxylation sites is 1. The fourth-order valence-corrected chi connectivity index (χ4v) is 6.02. The second kappa shape index (κ2) is 12.6. The molecule has 1 saturated carbocycles. The summed E-state index contributed by atoms with van der Waals surface area (Å²) in [6, 6.07) is 39.1. The van der Waals surface area contributed by atoms with Gasteiger partial charge in [0.1, 0.15) is 11.8 Å². The fraction of sp³-hybridized carbons (Fsp3) is 0.158. The van der Waals surface area contributed by atoms with Gasteiger partial charge < -0.3 is 14.4 Å². The Bertz CT molecular complexity index is 1970. The quantitative estimate of drug-likeness (QED) is 0.169. The first-order chi connectivity index (χ1) is 20.6. The molecule has 1 radical (unpaired) electrons. The predicted octanol–water partition coefficient (Wildman–Crippen LogP) is 10.1. The zero-order valence-electron chi connectivity index (χ0n) is 23.7. The molecule has 0 aliphatic heterocycles. The molecule has 3 nitrogen and oxygen atoms in total. The van der Waals surface area contributed by atoms with Crippen molar-refractivity contribution < 1.29 is 28.9 Å². The number of alkyl halides is 1. The number of fused-ring (bicyclic) bond motifs is 4. The molecule has 215 valence electrons. The van der Waals surface area contributed by atoms with Crippen LogP contribution < -0.4 is 0 Å². The van der Waals surface area contributed by atoms with Crippen molar-refractivity contribution >= 4 is 32.7 Å². The minimum atomic E-state index is -0.665. The van der Waals surface area contributed by atoms with Crippen LogP contribution in [0.5, 0.6) is 0 Å². The predicted molar refractivity (Wildman–Crippen MR) is 168 cm³/mol. The Hall–Kier alpha value is -4.18. The molecule has 3 heterocycles. The molecule has 0 saturated heterocycles. The summed E-state index contributed by atoms with van der Waals surface area (Å²) < 4.78 is 20.0. The molecule has 0 spiro atoms. The first kappa shape index (κ1) is 28.9. The maximum Gasteiger partial charge on any atom is 0.120 e. The van der Waals surface area contributed by atoms with Gasteiger partial charge in [0, 0.05) is 37.9 Å². The second-order valence-electron chi connectivity index (χ2n) is 10.9. The van der Waals surface area contributed by atoms with Crippen molar-refractivity contribution in [2.24, 2.45) is 0 Å². The molecule has 2 unspecified atom stereocenters. The Kier molecular flexibility index (Phi) is 8.47. The van der Waals surface area contributed by atoms with E-state index < -0.39 is 6.17 Å². The number of pyridine rings is 2. The average molecular weight is 741 g/mol. The van der Waals surface area contributed by atoms with E-state index in [-0.39, 0.29) is 20.1 Å². The molecule has 3 aromatic heterocycles. The Labute approximate surface area is 264 Å². The van der Waals surface area contributed by atoms with E-state index in [1.165, 1.54) is 5.56 Å². The van der Waals surface area contributed by atoms with E-state index in [1.54, 1.807) is 6.20 Å². The van der Waals surface area contributed by atoms with E-state index in [2.05, 4.69) is 54.4 Å². The molecular weight excluding hydrogens is 712 g/mol. The molecule has 8 rings (SSSR count). The summed E-state index contributed by atoms with van der Waals surface area (Å²) in [5, 5.41) is 4.39. The second-order valence-corrected chi connectivity index (χ2v) is 10.9. The van der Waals surface area contributed by atoms with Gasteiger partial charge in [0.15, 0.2) is 0 Å². The third-order valence-electron chi connectivity index (χ3n) is 8.06. The molecule has 0 amide bonds. The number of aryl methyl sites for hydroxylation is 1. The summed E-state index contributed by atoms with van der Waals surface area (Å²) in [6.45, 7) is 2.06. The standard InChI is InChI=1S/C27H21FNO.C11H8N.Ir/c1-16-12-23-22-4-2-3-5-25(22)30-27(23)24(13-16)26-21-9-7-17(14-19(21)10-11-29-26)18-6-8-20(28)15-18;1-2-6-10(7-3-1)11-8-4-5-9-12-11;/h2-5,7,9-12,14,18,20H,6,8,15H2,1H3;1-6,8-9H;/q2*-1;. The summed E-state index contributed by atoms with van der Waals surface area (Å²) in [7, 11) is 0. The Morgan fingerprint density at radius 2 is 1.67 bits per heavy atom. The molecule has 0 N–H and O–H groups in total. The smallest absolute Gasteiger partial charge is 0.120 e. The van der Waals surface area contributed by atoms with Crippen molar-refractivity contribution in [1.82, 2.24) is 9.97 Å². The van der Waals surface area contributed by atoms with Crippen LogP contribution in [0.25, 0.3) is 55.2 Å². The van der Waals surface area contributed by atoms with Gasteiger partial charge in [-0.3, -0.25) is 0 Å². The SMILES string of the molecule is Cc1[c-]c(-c2nccc3cc(C4CCC(F)C4)ccc23)c2oc3ccccc3c2c1.[Ir].[c-]1ccccc1-c1ccccn1. The first-order valence-electron chi connectivity index (χ1n) is 14.4. The van der Waals surface area contributed by atoms with Gasteiger partial charge in [-0.05, 0) is 71.1 Å². The number of hydrogen-bond donors (Lipinski definition) is 0. The molecular formula is C38H29FIrN2O-2. The summed E-state index contributed by atoms with van der Waals surface area (Å²) in [4.78, 5) is 8.94. The van der Waals surface area contributed by atoms with Crippen molar-refractivity contribution in [1.29, 1.82) is 0 Å². The summed E-state index contributed by atoms with van der Waals surface area (Å²) in [5.74, 6) is 0.314. The topological polar surface area (TPSA) is 38.9 Å². The van der Waals surface area contributed by atoms with E-state index in [0.29, 0.717) is 18.8 Å². The normalized spacial score (nSPS) is 16.1. The zero-order chi connectivity index (χ0) is 28.5. The maximum atomic E-state index is 13.7. The number of aromatic nitrogens is 2. The monoisotopic (exact) mass is 741 g/mol. The Balaban J connectivity index is 0.000000213. The van der Waals surface area contributed by atoms with Gasteiger partial charge >= 0.3 is 0 Å². The van der Waals surface area contributed by atoms with Crippen LogP contribution in [-0.4, -0.2) is 16.1 Å². The summed E-state index contributed by atoms with van der Waals surface area (Å²) in [5.41, 5.74) is 7.75. The van der Waals surface area contributed by atoms with Crippen molar-refractivity contribution in [2.75, 3.05) is 0 Å². The number of hydrogen-bond acceptors (Lipinski definition) is 3. The van der Waals surface area contributed by atoms with E-state index in [0.717, 1.165) is 67.2 Å². The molecule has 2 atom stereocenters. The van der Waals surface area contributed by atoms with E-state index in [1.807, 2.05) is 72.9 Å². The van der Waals surface area contributed by atoms with Crippen LogP contribution in [0, 0.1) is 19.1 Å². The van der Waals surface area contributed by atoms with Crippen LogP contribution in [0.1, 0.15) is 36.3 Å². The number of nitrogens with zero attached hydrogens (tertiary/aromatic N) is 2. The number of furan rings is 1.